The molecule has 2 heterocycles. The van der Waals surface area contributed by atoms with Crippen LogP contribution in [-0.2, 0) is 29.2 Å². The zero-order chi connectivity index (χ0) is 15.4. The third-order valence-corrected chi connectivity index (χ3v) is 3.70. The molecule has 0 saturated carbocycles. The number of hydrogen-bond donors (Lipinski definition) is 1. The molecule has 1 aromatic carbocycles. The van der Waals surface area contributed by atoms with Gasteiger partial charge in [0.1, 0.15) is 6.73 Å². The molecule has 0 amide bonds. The number of aryl methyl sites for hydroxylation is 1. The van der Waals surface area contributed by atoms with Crippen molar-refractivity contribution >= 4 is 0 Å². The lowest BCUT2D eigenvalue weighted by Crippen LogP contribution is -2.32. The van der Waals surface area contributed by atoms with Crippen molar-refractivity contribution in [3.8, 4) is 0 Å². The van der Waals surface area contributed by atoms with Gasteiger partial charge in [0.25, 0.3) is 5.56 Å². The predicted molar refractivity (Wildman–Crippen MR) is 80.6 cm³/mol. The fourth-order valence-corrected chi connectivity index (χ4v) is 2.50. The minimum atomic E-state index is -0.423. The molecule has 6 heteroatoms. The van der Waals surface area contributed by atoms with Crippen LogP contribution in [0.25, 0.3) is 0 Å². The van der Waals surface area contributed by atoms with Crippen molar-refractivity contribution in [2.24, 2.45) is 0 Å². The fourth-order valence-electron chi connectivity index (χ4n) is 2.50. The summed E-state index contributed by atoms with van der Waals surface area (Å²) in [6.45, 7) is 1.14. The van der Waals surface area contributed by atoms with E-state index < -0.39 is 5.69 Å². The van der Waals surface area contributed by atoms with Gasteiger partial charge in [-0.1, -0.05) is 30.3 Å². The minimum Gasteiger partial charge on any atom is -0.374 e. The van der Waals surface area contributed by atoms with Gasteiger partial charge in [-0.2, -0.15) is 0 Å². The van der Waals surface area contributed by atoms with E-state index in [2.05, 4.69) is 4.98 Å². The lowest BCUT2D eigenvalue weighted by atomic mass is 10.1. The first kappa shape index (κ1) is 14.7. The molecule has 116 valence electrons. The van der Waals surface area contributed by atoms with Crippen molar-refractivity contribution in [2.75, 3.05) is 6.61 Å². The Labute approximate surface area is 127 Å². The number of hydrogen-bond acceptors (Lipinski definition) is 4. The Bertz CT molecular complexity index is 736. The number of benzene rings is 1. The molecule has 6 nitrogen and oxygen atoms in total. The Morgan fingerprint density at radius 1 is 1.27 bits per heavy atom. The topological polar surface area (TPSA) is 73.3 Å². The highest BCUT2D eigenvalue weighted by atomic mass is 16.5. The first-order valence-corrected chi connectivity index (χ1v) is 7.29. The van der Waals surface area contributed by atoms with Gasteiger partial charge in [-0.15, -0.1) is 0 Å². The monoisotopic (exact) mass is 302 g/mol. The van der Waals surface area contributed by atoms with Crippen LogP contribution in [-0.4, -0.2) is 22.3 Å². The summed E-state index contributed by atoms with van der Waals surface area (Å²) in [5.74, 6) is 0. The van der Waals surface area contributed by atoms with Crippen molar-refractivity contribution in [3.05, 3.63) is 68.5 Å². The normalized spacial score (nSPS) is 17.7. The van der Waals surface area contributed by atoms with Crippen molar-refractivity contribution < 1.29 is 9.47 Å². The zero-order valence-corrected chi connectivity index (χ0v) is 12.2. The van der Waals surface area contributed by atoms with Gasteiger partial charge in [-0.3, -0.25) is 14.3 Å². The Balaban J connectivity index is 1.57. The number of rotatable bonds is 4. The molecule has 1 N–H and O–H groups in total. The highest BCUT2D eigenvalue weighted by Crippen LogP contribution is 2.12. The van der Waals surface area contributed by atoms with Crippen molar-refractivity contribution in [1.82, 2.24) is 9.55 Å². The molecule has 0 radical (unpaired) electrons. The zero-order valence-electron chi connectivity index (χ0n) is 12.2. The van der Waals surface area contributed by atoms with E-state index in [1.807, 2.05) is 30.3 Å². The van der Waals surface area contributed by atoms with Gasteiger partial charge in [0, 0.05) is 11.8 Å². The van der Waals surface area contributed by atoms with Gasteiger partial charge >= 0.3 is 5.69 Å². The maximum Gasteiger partial charge on any atom is 0.330 e. The quantitative estimate of drug-likeness (QED) is 0.916. The molecule has 0 saturated heterocycles. The Kier molecular flexibility index (Phi) is 4.50. The van der Waals surface area contributed by atoms with E-state index in [9.17, 15) is 9.59 Å². The number of nitrogens with zero attached hydrogens (tertiary/aromatic N) is 1. The summed E-state index contributed by atoms with van der Waals surface area (Å²) in [6.07, 6.45) is 1.26. The van der Waals surface area contributed by atoms with Crippen molar-refractivity contribution in [1.29, 1.82) is 0 Å². The van der Waals surface area contributed by atoms with E-state index in [0.29, 0.717) is 25.3 Å². The second kappa shape index (κ2) is 6.72. The predicted octanol–water partition coefficient (Wildman–Crippen LogP) is 1.04. The molecule has 2 aromatic rings. The molecule has 22 heavy (non-hydrogen) atoms. The molecular weight excluding hydrogens is 284 g/mol. The molecule has 1 unspecified atom stereocenters. The molecular formula is C16H18N2O4. The molecule has 0 bridgehead atoms. The third-order valence-electron chi connectivity index (χ3n) is 3.70. The summed E-state index contributed by atoms with van der Waals surface area (Å²) in [7, 11) is 0. The summed E-state index contributed by atoms with van der Waals surface area (Å²) < 4.78 is 12.8. The molecule has 1 atom stereocenters. The number of H-pyrrole nitrogens is 1. The molecule has 1 aliphatic heterocycles. The second-order valence-electron chi connectivity index (χ2n) is 5.32. The van der Waals surface area contributed by atoms with E-state index in [1.165, 1.54) is 10.6 Å². The number of aromatic amines is 1. The lowest BCUT2D eigenvalue weighted by molar-refractivity contribution is -0.0470. The van der Waals surface area contributed by atoms with Crippen LogP contribution in [0.15, 0.2) is 46.0 Å². The van der Waals surface area contributed by atoms with Crippen LogP contribution in [0.3, 0.4) is 0 Å². The standard InChI is InChI=1S/C16H18N2O4/c19-15-8-13-6-7-14(22-11-18(13)16(20)17-15)10-21-9-12-4-2-1-3-5-12/h1-5,8,14H,6-7,9-11H2,(H,17,19,20). The molecule has 0 aliphatic carbocycles. The largest absolute Gasteiger partial charge is 0.374 e. The van der Waals surface area contributed by atoms with Crippen LogP contribution in [0.1, 0.15) is 17.7 Å². The molecule has 0 spiro atoms. The summed E-state index contributed by atoms with van der Waals surface area (Å²) in [4.78, 5) is 25.3. The Morgan fingerprint density at radius 3 is 2.91 bits per heavy atom. The first-order valence-electron chi connectivity index (χ1n) is 7.29. The molecule has 3 rings (SSSR count). The van der Waals surface area contributed by atoms with Crippen molar-refractivity contribution in [3.63, 3.8) is 0 Å². The third kappa shape index (κ3) is 3.52. The van der Waals surface area contributed by atoms with Gasteiger partial charge in [0.15, 0.2) is 0 Å². The van der Waals surface area contributed by atoms with E-state index in [0.717, 1.165) is 12.0 Å². The van der Waals surface area contributed by atoms with Gasteiger partial charge in [0.2, 0.25) is 0 Å². The highest BCUT2D eigenvalue weighted by molar-refractivity contribution is 5.13. The second-order valence-corrected chi connectivity index (χ2v) is 5.32. The van der Waals surface area contributed by atoms with E-state index in [-0.39, 0.29) is 18.4 Å². The Hall–Kier alpha value is -2.18. The van der Waals surface area contributed by atoms with Crippen LogP contribution in [0.5, 0.6) is 0 Å². The SMILES string of the molecule is O=c1cc2n(c(=O)[nH]1)COC(COCc1ccccc1)CC2. The van der Waals surface area contributed by atoms with Gasteiger partial charge < -0.3 is 9.47 Å². The van der Waals surface area contributed by atoms with E-state index >= 15 is 0 Å². The summed E-state index contributed by atoms with van der Waals surface area (Å²) in [5.41, 5.74) is 1.03. The highest BCUT2D eigenvalue weighted by Gasteiger charge is 2.18. The number of aromatic nitrogens is 2. The van der Waals surface area contributed by atoms with Crippen LogP contribution in [0.2, 0.25) is 0 Å². The number of fused-ring (bicyclic) bond motifs is 1. The number of ether oxygens (including phenoxy) is 2. The van der Waals surface area contributed by atoms with Crippen molar-refractivity contribution in [2.45, 2.75) is 32.3 Å². The van der Waals surface area contributed by atoms with Crippen LogP contribution < -0.4 is 11.2 Å². The van der Waals surface area contributed by atoms with Crippen LogP contribution >= 0.6 is 0 Å². The average molecular weight is 302 g/mol. The maximum atomic E-state index is 11.7. The van der Waals surface area contributed by atoms with Gasteiger partial charge in [-0.25, -0.2) is 4.79 Å². The van der Waals surface area contributed by atoms with Gasteiger partial charge in [-0.05, 0) is 18.4 Å². The molecule has 1 aliphatic rings. The Morgan fingerprint density at radius 2 is 2.09 bits per heavy atom. The lowest BCUT2D eigenvalue weighted by Gasteiger charge is -2.15. The summed E-state index contributed by atoms with van der Waals surface area (Å²) >= 11 is 0. The van der Waals surface area contributed by atoms with E-state index in [4.69, 9.17) is 9.47 Å². The van der Waals surface area contributed by atoms with Gasteiger partial charge in [0.05, 0.1) is 19.3 Å². The first-order chi connectivity index (χ1) is 10.7. The fraction of sp³-hybridized carbons (Fsp3) is 0.375. The molecule has 1 aromatic heterocycles. The number of nitrogens with one attached hydrogen (secondary N) is 1. The maximum absolute atomic E-state index is 11.7. The van der Waals surface area contributed by atoms with E-state index in [1.54, 1.807) is 0 Å². The minimum absolute atomic E-state index is 0.0851. The summed E-state index contributed by atoms with van der Waals surface area (Å²) in [5, 5.41) is 0. The van der Waals surface area contributed by atoms with Crippen LogP contribution in [0.4, 0.5) is 0 Å². The summed E-state index contributed by atoms with van der Waals surface area (Å²) in [6, 6.07) is 11.4. The average Bonchev–Trinajstić information content (AvgIpc) is 2.71. The van der Waals surface area contributed by atoms with Crippen LogP contribution in [0, 0.1) is 0 Å². The molecule has 0 fully saturated rings. The smallest absolute Gasteiger partial charge is 0.330 e.